The fraction of sp³-hybridized carbons (Fsp3) is 0.333. The Balaban J connectivity index is 2.62. The van der Waals surface area contributed by atoms with Crippen molar-refractivity contribution in [3.63, 3.8) is 0 Å². The molecule has 0 atom stereocenters. The van der Waals surface area contributed by atoms with E-state index in [0.29, 0.717) is 0 Å². The number of esters is 2. The molecule has 0 spiro atoms. The first-order valence-corrected chi connectivity index (χ1v) is 7.61. The molecule has 10 heteroatoms. The molecule has 0 aromatic heterocycles. The molecule has 0 aliphatic carbocycles. The Morgan fingerprint density at radius 2 is 1.80 bits per heavy atom. The summed E-state index contributed by atoms with van der Waals surface area (Å²) in [5, 5.41) is 0. The second kappa shape index (κ2) is 7.44. The highest BCUT2D eigenvalue weighted by Gasteiger charge is 2.35. The number of halogens is 4. The van der Waals surface area contributed by atoms with Gasteiger partial charge < -0.3 is 19.1 Å². The molecule has 1 aromatic rings. The van der Waals surface area contributed by atoms with Crippen LogP contribution in [0.3, 0.4) is 0 Å². The van der Waals surface area contributed by atoms with Gasteiger partial charge in [0.2, 0.25) is 0 Å². The monoisotopic (exact) mass is 423 g/mol. The Hall–Kier alpha value is -2.07. The van der Waals surface area contributed by atoms with E-state index < -0.39 is 23.7 Å². The highest BCUT2D eigenvalue weighted by Crippen LogP contribution is 2.36. The molecule has 0 unspecified atom stereocenters. The van der Waals surface area contributed by atoms with E-state index in [1.54, 1.807) is 0 Å². The molecule has 0 bridgehead atoms. The smallest absolute Gasteiger partial charge is 0.416 e. The van der Waals surface area contributed by atoms with E-state index in [1.807, 2.05) is 0 Å². The van der Waals surface area contributed by atoms with Crippen LogP contribution in [0.2, 0.25) is 0 Å². The van der Waals surface area contributed by atoms with Gasteiger partial charge in [-0.15, -0.1) is 0 Å². The van der Waals surface area contributed by atoms with E-state index >= 15 is 0 Å². The van der Waals surface area contributed by atoms with Gasteiger partial charge in [-0.05, 0) is 18.2 Å². The summed E-state index contributed by atoms with van der Waals surface area (Å²) in [6, 6.07) is 3.11. The number of ether oxygens (including phenoxy) is 3. The Labute approximate surface area is 149 Å². The molecule has 0 saturated heterocycles. The van der Waals surface area contributed by atoms with E-state index in [9.17, 15) is 22.8 Å². The first kappa shape index (κ1) is 19.3. The van der Waals surface area contributed by atoms with E-state index in [4.69, 9.17) is 4.74 Å². The maximum atomic E-state index is 13.0. The zero-order valence-corrected chi connectivity index (χ0v) is 14.7. The van der Waals surface area contributed by atoms with E-state index in [-0.39, 0.29) is 34.8 Å². The Kier molecular flexibility index (Phi) is 5.73. The lowest BCUT2D eigenvalue weighted by molar-refractivity contribution is -0.140. The van der Waals surface area contributed by atoms with Crippen molar-refractivity contribution < 1.29 is 37.0 Å². The predicted molar refractivity (Wildman–Crippen MR) is 83.5 cm³/mol. The van der Waals surface area contributed by atoms with Crippen LogP contribution in [0.25, 0.3) is 0 Å². The molecule has 0 radical (unpaired) electrons. The quantitative estimate of drug-likeness (QED) is 0.696. The van der Waals surface area contributed by atoms with Crippen molar-refractivity contribution in [2.45, 2.75) is 6.18 Å². The van der Waals surface area contributed by atoms with Crippen molar-refractivity contribution in [1.82, 2.24) is 0 Å². The molecule has 1 aromatic carbocycles. The highest BCUT2D eigenvalue weighted by molar-refractivity contribution is 9.10. The van der Waals surface area contributed by atoms with Gasteiger partial charge in [-0.3, -0.25) is 0 Å². The van der Waals surface area contributed by atoms with Crippen LogP contribution in [0.15, 0.2) is 33.9 Å². The van der Waals surface area contributed by atoms with Gasteiger partial charge in [-0.25, -0.2) is 9.59 Å². The third-order valence-corrected chi connectivity index (χ3v) is 3.81. The molecule has 136 valence electrons. The lowest BCUT2D eigenvalue weighted by Crippen LogP contribution is -2.38. The van der Waals surface area contributed by atoms with Gasteiger partial charge >= 0.3 is 18.1 Å². The number of hydrogen-bond acceptors (Lipinski definition) is 6. The van der Waals surface area contributed by atoms with E-state index in [2.05, 4.69) is 25.4 Å². The maximum Gasteiger partial charge on any atom is 0.416 e. The van der Waals surface area contributed by atoms with Gasteiger partial charge in [-0.1, -0.05) is 15.9 Å². The summed E-state index contributed by atoms with van der Waals surface area (Å²) >= 11 is 3.01. The second-order valence-corrected chi connectivity index (χ2v) is 5.83. The summed E-state index contributed by atoms with van der Waals surface area (Å²) in [5.41, 5.74) is -1.30. The van der Waals surface area contributed by atoms with Crippen LogP contribution in [-0.2, 0) is 30.0 Å². The van der Waals surface area contributed by atoms with Gasteiger partial charge in [0, 0.05) is 10.2 Å². The Bertz CT molecular complexity index is 732. The van der Waals surface area contributed by atoms with Crippen molar-refractivity contribution in [2.24, 2.45) is 0 Å². The average Bonchev–Trinajstić information content (AvgIpc) is 2.58. The van der Waals surface area contributed by atoms with Gasteiger partial charge in [0.1, 0.15) is 12.4 Å². The number of nitrogens with zero attached hydrogens (tertiary/aromatic N) is 1. The van der Waals surface area contributed by atoms with Crippen LogP contribution in [-0.4, -0.2) is 39.5 Å². The zero-order valence-electron chi connectivity index (χ0n) is 13.1. The van der Waals surface area contributed by atoms with Crippen molar-refractivity contribution in [3.05, 3.63) is 39.5 Å². The fourth-order valence-electron chi connectivity index (χ4n) is 2.24. The standard InChI is InChI=1S/C15H13BrF3NO5/c1-23-13(21)11-6-25-7-20(12(11)14(22)24-2)10-4-8(15(17,18)19)3-9(16)5-10/h3-5H,6-7H2,1-2H3. The summed E-state index contributed by atoms with van der Waals surface area (Å²) < 4.78 is 53.8. The number of methoxy groups -OCH3 is 2. The maximum absolute atomic E-state index is 13.0. The summed E-state index contributed by atoms with van der Waals surface area (Å²) in [6.07, 6.45) is -4.59. The largest absolute Gasteiger partial charge is 0.466 e. The van der Waals surface area contributed by atoms with Crippen LogP contribution in [0.5, 0.6) is 0 Å². The highest BCUT2D eigenvalue weighted by atomic mass is 79.9. The molecule has 2 rings (SSSR count). The SMILES string of the molecule is COC(=O)C1=C(C(=O)OC)N(c2cc(Br)cc(C(F)(F)F)c2)COC1. The minimum Gasteiger partial charge on any atom is -0.466 e. The van der Waals surface area contributed by atoms with Crippen LogP contribution < -0.4 is 4.90 Å². The van der Waals surface area contributed by atoms with Gasteiger partial charge in [0.05, 0.1) is 32.0 Å². The third kappa shape index (κ3) is 4.13. The number of anilines is 1. The summed E-state index contributed by atoms with van der Waals surface area (Å²) in [7, 11) is 2.21. The number of benzene rings is 1. The Morgan fingerprint density at radius 1 is 1.16 bits per heavy atom. The number of hydrogen-bond donors (Lipinski definition) is 0. The molecule has 0 N–H and O–H groups in total. The molecule has 1 aliphatic rings. The lowest BCUT2D eigenvalue weighted by atomic mass is 10.1. The molecule has 0 saturated carbocycles. The first-order valence-electron chi connectivity index (χ1n) is 6.82. The van der Waals surface area contributed by atoms with Crippen LogP contribution >= 0.6 is 15.9 Å². The number of carbonyl (C=O) groups excluding carboxylic acids is 2. The normalized spacial score (nSPS) is 15.2. The number of alkyl halides is 3. The van der Waals surface area contributed by atoms with Crippen molar-refractivity contribution in [2.75, 3.05) is 32.5 Å². The zero-order chi connectivity index (χ0) is 18.8. The predicted octanol–water partition coefficient (Wildman–Crippen LogP) is 2.86. The van der Waals surface area contributed by atoms with Crippen LogP contribution in [0.1, 0.15) is 5.56 Å². The molecule has 25 heavy (non-hydrogen) atoms. The molecule has 1 heterocycles. The molecular weight excluding hydrogens is 411 g/mol. The van der Waals surface area contributed by atoms with Crippen LogP contribution in [0.4, 0.5) is 18.9 Å². The summed E-state index contributed by atoms with van der Waals surface area (Å²) in [5.74, 6) is -1.73. The van der Waals surface area contributed by atoms with Crippen molar-refractivity contribution >= 4 is 33.6 Å². The molecule has 0 amide bonds. The minimum absolute atomic E-state index is 0.00297. The van der Waals surface area contributed by atoms with E-state index in [0.717, 1.165) is 31.3 Å². The van der Waals surface area contributed by atoms with Crippen molar-refractivity contribution in [3.8, 4) is 0 Å². The summed E-state index contributed by atoms with van der Waals surface area (Å²) in [6.45, 7) is -0.466. The number of carbonyl (C=O) groups is 2. The number of rotatable bonds is 3. The molecule has 0 fully saturated rings. The van der Waals surface area contributed by atoms with Gasteiger partial charge in [-0.2, -0.15) is 13.2 Å². The topological polar surface area (TPSA) is 65.1 Å². The second-order valence-electron chi connectivity index (χ2n) is 4.91. The minimum atomic E-state index is -4.59. The fourth-order valence-corrected chi connectivity index (χ4v) is 2.72. The summed E-state index contributed by atoms with van der Waals surface area (Å²) in [4.78, 5) is 25.1. The third-order valence-electron chi connectivity index (χ3n) is 3.35. The average molecular weight is 424 g/mol. The first-order chi connectivity index (χ1) is 11.7. The molecular formula is C15H13BrF3NO5. The van der Waals surface area contributed by atoms with Gasteiger partial charge in [0.25, 0.3) is 0 Å². The Morgan fingerprint density at radius 3 is 2.36 bits per heavy atom. The molecule has 1 aliphatic heterocycles. The van der Waals surface area contributed by atoms with E-state index in [1.165, 1.54) is 6.07 Å². The lowest BCUT2D eigenvalue weighted by Gasteiger charge is -2.31. The van der Waals surface area contributed by atoms with Crippen molar-refractivity contribution in [1.29, 1.82) is 0 Å². The van der Waals surface area contributed by atoms with Crippen LogP contribution in [0, 0.1) is 0 Å². The molecule has 6 nitrogen and oxygen atoms in total. The van der Waals surface area contributed by atoms with Gasteiger partial charge in [0.15, 0.2) is 0 Å².